The van der Waals surface area contributed by atoms with Gasteiger partial charge < -0.3 is 10.1 Å². The molecule has 0 atom stereocenters. The largest absolute Gasteiger partial charge is 0.497 e. The van der Waals surface area contributed by atoms with Gasteiger partial charge in [0.05, 0.1) is 13.5 Å². The van der Waals surface area contributed by atoms with Gasteiger partial charge in [-0.05, 0) is 29.8 Å². The fourth-order valence-corrected chi connectivity index (χ4v) is 2.71. The fraction of sp³-hybridized carbons (Fsp3) is 0.105. The molecule has 0 aliphatic rings. The molecule has 3 aromatic heterocycles. The van der Waals surface area contributed by atoms with Crippen LogP contribution in [0.3, 0.4) is 0 Å². The number of rotatable bonds is 5. The number of amides is 1. The second-order valence-corrected chi connectivity index (χ2v) is 6.00. The summed E-state index contributed by atoms with van der Waals surface area (Å²) in [6.07, 6.45) is 3.41. The molecule has 0 aliphatic heterocycles. The maximum atomic E-state index is 12.4. The standard InChI is InChI=1S/C19H16N6O3/c1-28-14-6-4-12(5-7-14)9-16(26)21-15-10-17(27)22-19-23-18(24-25(15)19)13-3-2-8-20-11-13/h2-8,10-11H,9H2,1H3,(H,21,26)(H,22,23,24,27). The van der Waals surface area contributed by atoms with E-state index in [1.807, 2.05) is 18.2 Å². The summed E-state index contributed by atoms with van der Waals surface area (Å²) in [5, 5.41) is 7.09. The van der Waals surface area contributed by atoms with E-state index in [1.54, 1.807) is 37.7 Å². The minimum absolute atomic E-state index is 0.141. The highest BCUT2D eigenvalue weighted by Crippen LogP contribution is 2.16. The van der Waals surface area contributed by atoms with Crippen molar-refractivity contribution >= 4 is 17.5 Å². The molecule has 4 aromatic rings. The molecule has 0 saturated carbocycles. The lowest BCUT2D eigenvalue weighted by Crippen LogP contribution is -2.20. The van der Waals surface area contributed by atoms with Gasteiger partial charge in [-0.25, -0.2) is 0 Å². The maximum absolute atomic E-state index is 12.4. The van der Waals surface area contributed by atoms with E-state index < -0.39 is 5.56 Å². The highest BCUT2D eigenvalue weighted by Gasteiger charge is 2.13. The van der Waals surface area contributed by atoms with Crippen LogP contribution in [0.15, 0.2) is 59.7 Å². The van der Waals surface area contributed by atoms with Crippen LogP contribution in [0.2, 0.25) is 0 Å². The first-order valence-electron chi connectivity index (χ1n) is 8.45. The fourth-order valence-electron chi connectivity index (χ4n) is 2.71. The number of nitrogens with zero attached hydrogens (tertiary/aromatic N) is 4. The Morgan fingerprint density at radius 2 is 2.07 bits per heavy atom. The number of ether oxygens (including phenoxy) is 1. The number of hydrogen-bond donors (Lipinski definition) is 2. The summed E-state index contributed by atoms with van der Waals surface area (Å²) in [7, 11) is 1.58. The van der Waals surface area contributed by atoms with Crippen LogP contribution in [0.4, 0.5) is 5.82 Å². The average molecular weight is 376 g/mol. The number of hydrogen-bond acceptors (Lipinski definition) is 6. The van der Waals surface area contributed by atoms with E-state index in [9.17, 15) is 9.59 Å². The monoisotopic (exact) mass is 376 g/mol. The number of aromatic amines is 1. The van der Waals surface area contributed by atoms with Gasteiger partial charge in [0.15, 0.2) is 5.82 Å². The predicted octanol–water partition coefficient (Wildman–Crippen LogP) is 1.67. The molecular weight excluding hydrogens is 360 g/mol. The van der Waals surface area contributed by atoms with Crippen molar-refractivity contribution in [3.63, 3.8) is 0 Å². The summed E-state index contributed by atoms with van der Waals surface area (Å²) < 4.78 is 6.49. The van der Waals surface area contributed by atoms with Crippen molar-refractivity contribution in [1.82, 2.24) is 24.6 Å². The van der Waals surface area contributed by atoms with E-state index >= 15 is 0 Å². The second-order valence-electron chi connectivity index (χ2n) is 6.00. The van der Waals surface area contributed by atoms with Crippen molar-refractivity contribution in [1.29, 1.82) is 0 Å². The molecule has 1 aromatic carbocycles. The summed E-state index contributed by atoms with van der Waals surface area (Å²) >= 11 is 0. The Kier molecular flexibility index (Phi) is 4.55. The summed E-state index contributed by atoms with van der Waals surface area (Å²) in [4.78, 5) is 35.3. The number of nitrogens with one attached hydrogen (secondary N) is 2. The van der Waals surface area contributed by atoms with Crippen molar-refractivity contribution in [3.8, 4) is 17.1 Å². The van der Waals surface area contributed by atoms with Crippen LogP contribution in [0.25, 0.3) is 17.2 Å². The van der Waals surface area contributed by atoms with Gasteiger partial charge in [0.1, 0.15) is 11.6 Å². The normalized spacial score (nSPS) is 10.8. The molecule has 2 N–H and O–H groups in total. The highest BCUT2D eigenvalue weighted by molar-refractivity contribution is 5.91. The Morgan fingerprint density at radius 1 is 1.25 bits per heavy atom. The molecule has 3 heterocycles. The van der Waals surface area contributed by atoms with Gasteiger partial charge >= 0.3 is 0 Å². The smallest absolute Gasteiger partial charge is 0.254 e. The molecule has 4 rings (SSSR count). The van der Waals surface area contributed by atoms with Crippen LogP contribution >= 0.6 is 0 Å². The van der Waals surface area contributed by atoms with Crippen LogP contribution in [-0.4, -0.2) is 37.6 Å². The molecular formula is C19H16N6O3. The number of benzene rings is 1. The number of methoxy groups -OCH3 is 1. The molecule has 9 nitrogen and oxygen atoms in total. The van der Waals surface area contributed by atoms with Gasteiger partial charge in [0, 0.05) is 24.0 Å². The zero-order valence-electron chi connectivity index (χ0n) is 14.9. The van der Waals surface area contributed by atoms with Crippen molar-refractivity contribution < 1.29 is 9.53 Å². The van der Waals surface area contributed by atoms with E-state index in [2.05, 4.69) is 25.4 Å². The molecule has 0 bridgehead atoms. The number of fused-ring (bicyclic) bond motifs is 1. The molecule has 0 spiro atoms. The number of carbonyl (C=O) groups excluding carboxylic acids is 1. The van der Waals surface area contributed by atoms with Crippen molar-refractivity contribution in [2.24, 2.45) is 0 Å². The first kappa shape index (κ1) is 17.4. The Morgan fingerprint density at radius 3 is 2.79 bits per heavy atom. The van der Waals surface area contributed by atoms with E-state index in [-0.39, 0.29) is 23.9 Å². The summed E-state index contributed by atoms with van der Waals surface area (Å²) in [6, 6.07) is 12.0. The van der Waals surface area contributed by atoms with Gasteiger partial charge in [-0.3, -0.25) is 19.6 Å². The molecule has 0 radical (unpaired) electrons. The zero-order chi connectivity index (χ0) is 19.5. The average Bonchev–Trinajstić information content (AvgIpc) is 3.13. The van der Waals surface area contributed by atoms with E-state index in [1.165, 1.54) is 10.6 Å². The minimum Gasteiger partial charge on any atom is -0.497 e. The third-order valence-electron chi connectivity index (χ3n) is 4.05. The number of H-pyrrole nitrogens is 1. The van der Waals surface area contributed by atoms with Crippen molar-refractivity contribution in [2.45, 2.75) is 6.42 Å². The topological polar surface area (TPSA) is 114 Å². The number of anilines is 1. The van der Waals surface area contributed by atoms with Gasteiger partial charge in [-0.1, -0.05) is 12.1 Å². The Hall–Kier alpha value is -4.01. The minimum atomic E-state index is -0.391. The first-order valence-corrected chi connectivity index (χ1v) is 8.45. The zero-order valence-corrected chi connectivity index (χ0v) is 14.9. The molecule has 1 amide bonds. The Bertz CT molecular complexity index is 1180. The van der Waals surface area contributed by atoms with Crippen LogP contribution in [-0.2, 0) is 11.2 Å². The van der Waals surface area contributed by atoms with Gasteiger partial charge in [0.25, 0.3) is 5.56 Å². The first-order chi connectivity index (χ1) is 13.6. The Labute approximate surface area is 159 Å². The van der Waals surface area contributed by atoms with E-state index in [0.717, 1.165) is 5.56 Å². The predicted molar refractivity (Wildman–Crippen MR) is 102 cm³/mol. The van der Waals surface area contributed by atoms with Crippen LogP contribution in [0, 0.1) is 0 Å². The molecule has 140 valence electrons. The van der Waals surface area contributed by atoms with E-state index in [4.69, 9.17) is 4.74 Å². The summed E-state index contributed by atoms with van der Waals surface area (Å²) in [5.74, 6) is 1.29. The highest BCUT2D eigenvalue weighted by atomic mass is 16.5. The summed E-state index contributed by atoms with van der Waals surface area (Å²) in [6.45, 7) is 0. The lowest BCUT2D eigenvalue weighted by molar-refractivity contribution is -0.115. The molecule has 0 unspecified atom stereocenters. The van der Waals surface area contributed by atoms with Crippen molar-refractivity contribution in [3.05, 3.63) is 70.8 Å². The van der Waals surface area contributed by atoms with Gasteiger partial charge in [0.2, 0.25) is 11.7 Å². The second kappa shape index (κ2) is 7.31. The SMILES string of the molecule is COc1ccc(CC(=O)Nc2cc(=O)[nH]c3nc(-c4cccnc4)nn23)cc1. The van der Waals surface area contributed by atoms with Crippen LogP contribution in [0.1, 0.15) is 5.56 Å². The molecule has 0 saturated heterocycles. The third-order valence-corrected chi connectivity index (χ3v) is 4.05. The number of carbonyl (C=O) groups is 1. The Balaban J connectivity index is 1.61. The number of pyridine rings is 1. The molecule has 9 heteroatoms. The van der Waals surface area contributed by atoms with Crippen LogP contribution < -0.4 is 15.6 Å². The quantitative estimate of drug-likeness (QED) is 0.548. The van der Waals surface area contributed by atoms with E-state index in [0.29, 0.717) is 17.1 Å². The lowest BCUT2D eigenvalue weighted by atomic mass is 10.1. The third kappa shape index (κ3) is 3.58. The maximum Gasteiger partial charge on any atom is 0.254 e. The molecule has 28 heavy (non-hydrogen) atoms. The van der Waals surface area contributed by atoms with Gasteiger partial charge in [-0.15, -0.1) is 5.10 Å². The van der Waals surface area contributed by atoms with Crippen molar-refractivity contribution in [2.75, 3.05) is 12.4 Å². The molecule has 0 aliphatic carbocycles. The number of aromatic nitrogens is 5. The summed E-state index contributed by atoms with van der Waals surface area (Å²) in [5.41, 5.74) is 1.12. The van der Waals surface area contributed by atoms with Gasteiger partial charge in [-0.2, -0.15) is 9.50 Å². The molecule has 0 fully saturated rings. The lowest BCUT2D eigenvalue weighted by Gasteiger charge is -2.07. The van der Waals surface area contributed by atoms with Crippen LogP contribution in [0.5, 0.6) is 5.75 Å².